The Morgan fingerprint density at radius 3 is 2.69 bits per heavy atom. The summed E-state index contributed by atoms with van der Waals surface area (Å²) in [7, 11) is 2.03. The third kappa shape index (κ3) is 4.15. The van der Waals surface area contributed by atoms with Crippen molar-refractivity contribution < 1.29 is 0 Å². The monoisotopic (exact) mass is 239 g/mol. The van der Waals surface area contributed by atoms with Crippen molar-refractivity contribution in [3.8, 4) is 0 Å². The molecular weight excluding hydrogens is 218 g/mol. The Morgan fingerprint density at radius 2 is 2.12 bits per heavy atom. The van der Waals surface area contributed by atoms with Crippen LogP contribution >= 0.6 is 11.6 Å². The molecule has 0 fully saturated rings. The largest absolute Gasteiger partial charge is 0.317 e. The second-order valence-electron chi connectivity index (χ2n) is 4.43. The van der Waals surface area contributed by atoms with Gasteiger partial charge in [-0.15, -0.1) is 0 Å². The quantitative estimate of drug-likeness (QED) is 0.792. The van der Waals surface area contributed by atoms with Gasteiger partial charge in [-0.1, -0.05) is 43.5 Å². The molecule has 1 rings (SSSR count). The predicted octanol–water partition coefficient (Wildman–Crippen LogP) is 3.97. The topological polar surface area (TPSA) is 12.0 Å². The molecule has 0 aromatic heterocycles. The Hall–Kier alpha value is -0.530. The number of nitrogens with one attached hydrogen (secondary N) is 1. The van der Waals surface area contributed by atoms with Crippen LogP contribution in [0.25, 0.3) is 0 Å². The van der Waals surface area contributed by atoms with E-state index in [0.29, 0.717) is 6.04 Å². The summed E-state index contributed by atoms with van der Waals surface area (Å²) in [6.45, 7) is 4.30. The fraction of sp³-hybridized carbons (Fsp3) is 0.571. The molecule has 0 radical (unpaired) electrons. The van der Waals surface area contributed by atoms with E-state index in [0.717, 1.165) is 11.4 Å². The summed E-state index contributed by atoms with van der Waals surface area (Å²) in [5.74, 6) is 0. The molecule has 2 heteroatoms. The normalized spacial score (nSPS) is 12.8. The highest BCUT2D eigenvalue weighted by Gasteiger charge is 2.09. The van der Waals surface area contributed by atoms with E-state index in [9.17, 15) is 0 Å². The van der Waals surface area contributed by atoms with Crippen molar-refractivity contribution in [1.29, 1.82) is 0 Å². The van der Waals surface area contributed by atoms with Crippen LogP contribution in [0.2, 0.25) is 5.02 Å². The molecule has 0 amide bonds. The zero-order valence-corrected chi connectivity index (χ0v) is 11.3. The van der Waals surface area contributed by atoms with E-state index in [1.54, 1.807) is 0 Å². The Morgan fingerprint density at radius 1 is 1.38 bits per heavy atom. The van der Waals surface area contributed by atoms with Crippen molar-refractivity contribution in [3.05, 3.63) is 34.3 Å². The number of aryl methyl sites for hydroxylation is 1. The van der Waals surface area contributed by atoms with Gasteiger partial charge in [0.1, 0.15) is 0 Å². The van der Waals surface area contributed by atoms with Crippen molar-refractivity contribution in [2.75, 3.05) is 7.05 Å². The van der Waals surface area contributed by atoms with Crippen LogP contribution < -0.4 is 5.32 Å². The maximum absolute atomic E-state index is 6.24. The summed E-state index contributed by atoms with van der Waals surface area (Å²) >= 11 is 6.24. The lowest BCUT2D eigenvalue weighted by molar-refractivity contribution is 0.498. The molecule has 0 aliphatic heterocycles. The van der Waals surface area contributed by atoms with Crippen LogP contribution in [0.15, 0.2) is 18.2 Å². The van der Waals surface area contributed by atoms with Crippen LogP contribution in [0.1, 0.15) is 37.3 Å². The molecule has 0 heterocycles. The van der Waals surface area contributed by atoms with Crippen LogP contribution in [0.4, 0.5) is 0 Å². The number of hydrogen-bond acceptors (Lipinski definition) is 1. The molecular formula is C14H22ClN. The molecule has 1 N–H and O–H groups in total. The number of benzene rings is 1. The molecule has 90 valence electrons. The fourth-order valence-electron chi connectivity index (χ4n) is 1.88. The molecule has 1 aromatic rings. The average Bonchev–Trinajstić information content (AvgIpc) is 2.27. The van der Waals surface area contributed by atoms with Crippen LogP contribution in [-0.2, 0) is 6.42 Å². The van der Waals surface area contributed by atoms with E-state index >= 15 is 0 Å². The number of likely N-dealkylation sites (N-methyl/N-ethyl adjacent to an activating group) is 1. The summed E-state index contributed by atoms with van der Waals surface area (Å²) in [4.78, 5) is 0. The minimum absolute atomic E-state index is 0.542. The summed E-state index contributed by atoms with van der Waals surface area (Å²) < 4.78 is 0. The average molecular weight is 240 g/mol. The van der Waals surface area contributed by atoms with Crippen molar-refractivity contribution in [2.45, 2.75) is 45.6 Å². The van der Waals surface area contributed by atoms with Crippen molar-refractivity contribution in [3.63, 3.8) is 0 Å². The molecule has 0 saturated carbocycles. The van der Waals surface area contributed by atoms with Gasteiger partial charge in [0, 0.05) is 11.1 Å². The number of hydrogen-bond donors (Lipinski definition) is 1. The van der Waals surface area contributed by atoms with E-state index in [1.165, 1.54) is 30.4 Å². The van der Waals surface area contributed by atoms with Crippen molar-refractivity contribution in [2.24, 2.45) is 0 Å². The minimum Gasteiger partial charge on any atom is -0.317 e. The van der Waals surface area contributed by atoms with Crippen LogP contribution in [0.3, 0.4) is 0 Å². The van der Waals surface area contributed by atoms with Gasteiger partial charge in [-0.3, -0.25) is 0 Å². The van der Waals surface area contributed by atoms with Gasteiger partial charge in [0.25, 0.3) is 0 Å². The maximum atomic E-state index is 6.24. The van der Waals surface area contributed by atoms with E-state index in [2.05, 4.69) is 31.3 Å². The van der Waals surface area contributed by atoms with E-state index in [1.807, 2.05) is 13.1 Å². The zero-order chi connectivity index (χ0) is 12.0. The van der Waals surface area contributed by atoms with E-state index < -0.39 is 0 Å². The lowest BCUT2D eigenvalue weighted by atomic mass is 10.0. The molecule has 1 atom stereocenters. The van der Waals surface area contributed by atoms with Gasteiger partial charge in [-0.05, 0) is 44.0 Å². The smallest absolute Gasteiger partial charge is 0.0441 e. The second kappa shape index (κ2) is 6.93. The lowest BCUT2D eigenvalue weighted by Crippen LogP contribution is -2.27. The van der Waals surface area contributed by atoms with Gasteiger partial charge >= 0.3 is 0 Å². The molecule has 0 spiro atoms. The second-order valence-corrected chi connectivity index (χ2v) is 4.83. The summed E-state index contributed by atoms with van der Waals surface area (Å²) in [5.41, 5.74) is 2.48. The van der Waals surface area contributed by atoms with Gasteiger partial charge in [0.05, 0.1) is 0 Å². The van der Waals surface area contributed by atoms with E-state index in [-0.39, 0.29) is 0 Å². The zero-order valence-electron chi connectivity index (χ0n) is 10.5. The van der Waals surface area contributed by atoms with Crippen LogP contribution in [0, 0.1) is 6.92 Å². The Balaban J connectivity index is 2.62. The highest BCUT2D eigenvalue weighted by Crippen LogP contribution is 2.20. The standard InChI is InChI=1S/C14H22ClN/c1-4-5-6-13(16-3)10-12-8-7-11(2)9-14(12)15/h7-9,13,16H,4-6,10H2,1-3H3. The summed E-state index contributed by atoms with van der Waals surface area (Å²) in [5, 5.41) is 4.27. The predicted molar refractivity (Wildman–Crippen MR) is 72.3 cm³/mol. The SMILES string of the molecule is CCCCC(Cc1ccc(C)cc1Cl)NC. The molecule has 0 bridgehead atoms. The van der Waals surface area contributed by atoms with E-state index in [4.69, 9.17) is 11.6 Å². The molecule has 16 heavy (non-hydrogen) atoms. The first-order valence-electron chi connectivity index (χ1n) is 6.09. The van der Waals surface area contributed by atoms with Gasteiger partial charge in [-0.2, -0.15) is 0 Å². The maximum Gasteiger partial charge on any atom is 0.0441 e. The third-order valence-corrected chi connectivity index (χ3v) is 3.34. The third-order valence-electron chi connectivity index (χ3n) is 2.99. The van der Waals surface area contributed by atoms with Crippen molar-refractivity contribution >= 4 is 11.6 Å². The summed E-state index contributed by atoms with van der Waals surface area (Å²) in [6, 6.07) is 6.87. The molecule has 1 aromatic carbocycles. The van der Waals surface area contributed by atoms with Gasteiger partial charge in [0.15, 0.2) is 0 Å². The highest BCUT2D eigenvalue weighted by molar-refractivity contribution is 6.31. The Kier molecular flexibility index (Phi) is 5.86. The van der Waals surface area contributed by atoms with Crippen LogP contribution in [0.5, 0.6) is 0 Å². The number of rotatable bonds is 6. The molecule has 0 aliphatic rings. The van der Waals surface area contributed by atoms with Gasteiger partial charge in [0.2, 0.25) is 0 Å². The first kappa shape index (κ1) is 13.5. The Bertz CT molecular complexity index is 323. The fourth-order valence-corrected chi connectivity index (χ4v) is 2.19. The molecule has 1 nitrogen and oxygen atoms in total. The first-order valence-corrected chi connectivity index (χ1v) is 6.47. The van der Waals surface area contributed by atoms with Crippen molar-refractivity contribution in [1.82, 2.24) is 5.32 Å². The number of halogens is 1. The molecule has 0 saturated heterocycles. The Labute approximate surface area is 104 Å². The molecule has 0 aliphatic carbocycles. The first-order chi connectivity index (χ1) is 7.67. The molecule has 1 unspecified atom stereocenters. The lowest BCUT2D eigenvalue weighted by Gasteiger charge is -2.16. The van der Waals surface area contributed by atoms with Gasteiger partial charge < -0.3 is 5.32 Å². The van der Waals surface area contributed by atoms with Gasteiger partial charge in [-0.25, -0.2) is 0 Å². The van der Waals surface area contributed by atoms with Crippen LogP contribution in [-0.4, -0.2) is 13.1 Å². The number of unbranched alkanes of at least 4 members (excludes halogenated alkanes) is 1. The summed E-state index contributed by atoms with van der Waals surface area (Å²) in [6.07, 6.45) is 4.77. The minimum atomic E-state index is 0.542. The highest BCUT2D eigenvalue weighted by atomic mass is 35.5.